The highest BCUT2D eigenvalue weighted by Gasteiger charge is 2.14. The van der Waals surface area contributed by atoms with Crippen LogP contribution in [0.15, 0.2) is 20.1 Å². The molecule has 0 fully saturated rings. The van der Waals surface area contributed by atoms with E-state index in [1.807, 2.05) is 0 Å². The summed E-state index contributed by atoms with van der Waals surface area (Å²) in [4.78, 5) is 0. The molecule has 1 N–H and O–H groups in total. The summed E-state index contributed by atoms with van der Waals surface area (Å²) < 4.78 is 25.7. The normalized spacial score (nSPS) is 11.1. The third kappa shape index (κ3) is 2.77. The van der Waals surface area contributed by atoms with E-state index in [2.05, 4.69) is 20.7 Å². The smallest absolute Gasteiger partial charge is 0.206 e. The minimum absolute atomic E-state index is 0.203. The molecule has 7 heteroatoms. The summed E-state index contributed by atoms with van der Waals surface area (Å²) in [7, 11) is -3.49. The van der Waals surface area contributed by atoms with Crippen molar-refractivity contribution < 1.29 is 8.42 Å². The summed E-state index contributed by atoms with van der Waals surface area (Å²) in [6, 6.07) is 3.19. The van der Waals surface area contributed by atoms with Gasteiger partial charge in [0, 0.05) is 9.85 Å². The van der Waals surface area contributed by atoms with Crippen molar-refractivity contribution in [2.45, 2.75) is 4.21 Å². The molecule has 0 saturated heterocycles. The number of nitrogens with zero attached hydrogens (tertiary/aromatic N) is 1. The molecule has 0 bridgehead atoms. The highest BCUT2D eigenvalue weighted by Crippen LogP contribution is 2.23. The highest BCUT2D eigenvalue weighted by atomic mass is 79.9. The van der Waals surface area contributed by atoms with Gasteiger partial charge in [-0.15, -0.1) is 11.3 Å². The zero-order chi connectivity index (χ0) is 9.90. The third-order valence-corrected chi connectivity index (χ3v) is 4.75. The van der Waals surface area contributed by atoms with Crippen LogP contribution in [0.3, 0.4) is 0 Å². The van der Waals surface area contributed by atoms with E-state index in [-0.39, 0.29) is 10.8 Å². The van der Waals surface area contributed by atoms with Crippen LogP contribution in [0.25, 0.3) is 0 Å². The Hall–Kier alpha value is -0.420. The summed E-state index contributed by atoms with van der Waals surface area (Å²) in [6.45, 7) is -0.210. The Balaban J connectivity index is 2.89. The molecule has 0 aliphatic heterocycles. The average molecular weight is 281 g/mol. The van der Waals surface area contributed by atoms with E-state index in [0.29, 0.717) is 0 Å². The van der Waals surface area contributed by atoms with E-state index in [0.717, 1.165) is 15.8 Å². The molecule has 0 atom stereocenters. The van der Waals surface area contributed by atoms with Crippen LogP contribution in [-0.2, 0) is 10.0 Å². The Morgan fingerprint density at radius 3 is 2.85 bits per heavy atom. The van der Waals surface area contributed by atoms with Gasteiger partial charge in [-0.25, -0.2) is 8.42 Å². The molecule has 4 nitrogen and oxygen atoms in total. The van der Waals surface area contributed by atoms with Gasteiger partial charge in [0.2, 0.25) is 0 Å². The second kappa shape index (κ2) is 4.19. The molecule has 0 aromatic carbocycles. The first-order valence-electron chi connectivity index (χ1n) is 3.17. The first kappa shape index (κ1) is 10.7. The first-order valence-corrected chi connectivity index (χ1v) is 6.32. The Labute approximate surface area is 88.4 Å². The predicted molar refractivity (Wildman–Crippen MR) is 52.8 cm³/mol. The standard InChI is InChI=1S/C6H5BrN2O2S2/c7-5-3-6(12-4-5)13(10,11)9-2-1-8/h3-4,9H,2H2. The number of sulfonamides is 1. The molecular formula is C6H5BrN2O2S2. The van der Waals surface area contributed by atoms with E-state index in [4.69, 9.17) is 5.26 Å². The van der Waals surface area contributed by atoms with Crippen molar-refractivity contribution in [1.82, 2.24) is 4.72 Å². The van der Waals surface area contributed by atoms with Crippen LogP contribution in [0.1, 0.15) is 0 Å². The minimum Gasteiger partial charge on any atom is -0.206 e. The monoisotopic (exact) mass is 280 g/mol. The highest BCUT2D eigenvalue weighted by molar-refractivity contribution is 9.10. The van der Waals surface area contributed by atoms with Gasteiger partial charge >= 0.3 is 0 Å². The topological polar surface area (TPSA) is 70.0 Å². The number of thiophene rings is 1. The van der Waals surface area contributed by atoms with Gasteiger partial charge in [-0.2, -0.15) is 9.98 Å². The molecular weight excluding hydrogens is 276 g/mol. The number of nitrogens with one attached hydrogen (secondary N) is 1. The van der Waals surface area contributed by atoms with Crippen molar-refractivity contribution in [2.24, 2.45) is 0 Å². The van der Waals surface area contributed by atoms with Crippen LogP contribution in [-0.4, -0.2) is 15.0 Å². The van der Waals surface area contributed by atoms with Gasteiger partial charge in [-0.05, 0) is 22.0 Å². The van der Waals surface area contributed by atoms with Gasteiger partial charge in [0.15, 0.2) is 0 Å². The van der Waals surface area contributed by atoms with Crippen LogP contribution >= 0.6 is 27.3 Å². The second-order valence-corrected chi connectivity index (χ2v) is 5.89. The maximum Gasteiger partial charge on any atom is 0.251 e. The molecule has 0 radical (unpaired) electrons. The summed E-state index contributed by atoms with van der Waals surface area (Å²) in [5.41, 5.74) is 0. The fourth-order valence-electron chi connectivity index (χ4n) is 0.634. The van der Waals surface area contributed by atoms with E-state index in [9.17, 15) is 8.42 Å². The van der Waals surface area contributed by atoms with E-state index < -0.39 is 10.0 Å². The van der Waals surface area contributed by atoms with Gasteiger partial charge < -0.3 is 0 Å². The van der Waals surface area contributed by atoms with Crippen molar-refractivity contribution in [1.29, 1.82) is 5.26 Å². The molecule has 0 aliphatic carbocycles. The Kier molecular flexibility index (Phi) is 3.44. The van der Waals surface area contributed by atoms with Crippen molar-refractivity contribution in [3.05, 3.63) is 15.9 Å². The number of halogens is 1. The lowest BCUT2D eigenvalue weighted by Gasteiger charge is -1.97. The Morgan fingerprint density at radius 2 is 2.38 bits per heavy atom. The van der Waals surface area contributed by atoms with Gasteiger partial charge in [-0.3, -0.25) is 0 Å². The molecule has 0 unspecified atom stereocenters. The second-order valence-electron chi connectivity index (χ2n) is 2.07. The first-order chi connectivity index (χ1) is 6.06. The maximum absolute atomic E-state index is 11.3. The van der Waals surface area contributed by atoms with E-state index in [1.165, 1.54) is 6.07 Å². The zero-order valence-electron chi connectivity index (χ0n) is 6.32. The summed E-state index contributed by atoms with van der Waals surface area (Å²) in [6.07, 6.45) is 0. The van der Waals surface area contributed by atoms with Gasteiger partial charge in [0.05, 0.1) is 12.6 Å². The summed E-state index contributed by atoms with van der Waals surface area (Å²) >= 11 is 4.25. The van der Waals surface area contributed by atoms with Crippen LogP contribution in [0.4, 0.5) is 0 Å². The average Bonchev–Trinajstić information content (AvgIpc) is 2.49. The molecule has 13 heavy (non-hydrogen) atoms. The maximum atomic E-state index is 11.3. The summed E-state index contributed by atoms with van der Waals surface area (Å²) in [5, 5.41) is 9.87. The molecule has 0 saturated carbocycles. The lowest BCUT2D eigenvalue weighted by Crippen LogP contribution is -2.22. The fraction of sp³-hybridized carbons (Fsp3) is 0.167. The molecule has 1 aromatic heterocycles. The van der Waals surface area contributed by atoms with E-state index >= 15 is 0 Å². The molecule has 1 aromatic rings. The van der Waals surface area contributed by atoms with Crippen LogP contribution < -0.4 is 4.72 Å². The lowest BCUT2D eigenvalue weighted by atomic mass is 10.7. The van der Waals surface area contributed by atoms with Crippen molar-refractivity contribution in [3.63, 3.8) is 0 Å². The van der Waals surface area contributed by atoms with Crippen LogP contribution in [0, 0.1) is 11.3 Å². The minimum atomic E-state index is -3.49. The molecule has 0 aliphatic rings. The summed E-state index contributed by atoms with van der Waals surface area (Å²) in [5.74, 6) is 0. The Morgan fingerprint density at radius 1 is 1.69 bits per heavy atom. The molecule has 70 valence electrons. The van der Waals surface area contributed by atoms with Crippen LogP contribution in [0.5, 0.6) is 0 Å². The van der Waals surface area contributed by atoms with Crippen molar-refractivity contribution in [2.75, 3.05) is 6.54 Å². The number of hydrogen-bond donors (Lipinski definition) is 1. The van der Waals surface area contributed by atoms with Gasteiger partial charge in [0.1, 0.15) is 4.21 Å². The van der Waals surface area contributed by atoms with Crippen LogP contribution in [0.2, 0.25) is 0 Å². The molecule has 0 amide bonds. The predicted octanol–water partition coefficient (Wildman–Crippen LogP) is 1.31. The van der Waals surface area contributed by atoms with Gasteiger partial charge in [-0.1, -0.05) is 0 Å². The SMILES string of the molecule is N#CCNS(=O)(=O)c1cc(Br)cs1. The van der Waals surface area contributed by atoms with Gasteiger partial charge in [0.25, 0.3) is 10.0 Å². The number of nitriles is 1. The zero-order valence-corrected chi connectivity index (χ0v) is 9.54. The largest absolute Gasteiger partial charge is 0.251 e. The quantitative estimate of drug-likeness (QED) is 0.849. The number of rotatable bonds is 3. The molecule has 0 spiro atoms. The lowest BCUT2D eigenvalue weighted by molar-refractivity contribution is 0.588. The third-order valence-electron chi connectivity index (χ3n) is 1.15. The fourth-order valence-corrected chi connectivity index (χ4v) is 3.45. The molecule has 1 heterocycles. The Bertz CT molecular complexity index is 432. The van der Waals surface area contributed by atoms with E-state index in [1.54, 1.807) is 11.4 Å². The van der Waals surface area contributed by atoms with Crippen molar-refractivity contribution >= 4 is 37.3 Å². The van der Waals surface area contributed by atoms with Crippen molar-refractivity contribution in [3.8, 4) is 6.07 Å². The molecule has 1 rings (SSSR count). The number of hydrogen-bond acceptors (Lipinski definition) is 4.